The van der Waals surface area contributed by atoms with Gasteiger partial charge in [0, 0.05) is 13.0 Å². The number of hydrogen-bond acceptors (Lipinski definition) is 4. The molecule has 0 aromatic carbocycles. The number of likely N-dealkylation sites (tertiary alicyclic amines) is 1. The Balaban J connectivity index is 1.73. The smallest absolute Gasteiger partial charge is 0.234 e. The molecule has 116 valence electrons. The van der Waals surface area contributed by atoms with E-state index in [0.717, 1.165) is 31.7 Å². The highest BCUT2D eigenvalue weighted by molar-refractivity contribution is 5.79. The molecule has 1 saturated heterocycles. The fourth-order valence-corrected chi connectivity index (χ4v) is 2.66. The molecular weight excluding hydrogens is 270 g/mol. The van der Waals surface area contributed by atoms with E-state index < -0.39 is 0 Å². The molecular formula is C15H23N3O3. The van der Waals surface area contributed by atoms with Crippen molar-refractivity contribution in [1.29, 1.82) is 0 Å². The van der Waals surface area contributed by atoms with Crippen molar-refractivity contribution in [3.8, 4) is 0 Å². The van der Waals surface area contributed by atoms with Crippen molar-refractivity contribution in [2.24, 2.45) is 5.92 Å². The van der Waals surface area contributed by atoms with Gasteiger partial charge in [-0.2, -0.15) is 0 Å². The lowest BCUT2D eigenvalue weighted by atomic mass is 9.96. The van der Waals surface area contributed by atoms with Crippen LogP contribution in [0, 0.1) is 5.92 Å². The molecule has 0 spiro atoms. The molecule has 2 rings (SSSR count). The number of hydrogen-bond donors (Lipinski definition) is 2. The summed E-state index contributed by atoms with van der Waals surface area (Å²) in [5.74, 6) is 0.917. The molecule has 2 amide bonds. The molecule has 1 atom stereocenters. The fraction of sp³-hybridized carbons (Fsp3) is 0.600. The minimum absolute atomic E-state index is 0.0164. The van der Waals surface area contributed by atoms with Gasteiger partial charge in [-0.25, -0.2) is 0 Å². The van der Waals surface area contributed by atoms with Gasteiger partial charge in [0.15, 0.2) is 0 Å². The van der Waals surface area contributed by atoms with Crippen LogP contribution in [0.3, 0.4) is 0 Å². The van der Waals surface area contributed by atoms with E-state index >= 15 is 0 Å². The Morgan fingerprint density at radius 1 is 1.43 bits per heavy atom. The van der Waals surface area contributed by atoms with Gasteiger partial charge in [0.05, 0.1) is 18.8 Å². The van der Waals surface area contributed by atoms with Crippen molar-refractivity contribution >= 4 is 11.8 Å². The molecule has 6 nitrogen and oxygen atoms in total. The molecule has 1 fully saturated rings. The second kappa shape index (κ2) is 7.26. The zero-order valence-electron chi connectivity index (χ0n) is 12.6. The maximum atomic E-state index is 12.0. The summed E-state index contributed by atoms with van der Waals surface area (Å²) in [5.41, 5.74) is 0. The van der Waals surface area contributed by atoms with Crippen molar-refractivity contribution in [3.05, 3.63) is 24.2 Å². The third-order valence-electron chi connectivity index (χ3n) is 3.92. The van der Waals surface area contributed by atoms with Crippen LogP contribution in [0.2, 0.25) is 0 Å². The SMILES string of the molecule is CNC(=O)C1CCN(CC(=O)NC(C)c2ccco2)CC1. The number of nitrogens with one attached hydrogen (secondary N) is 2. The Labute approximate surface area is 124 Å². The number of nitrogens with zero attached hydrogens (tertiary/aromatic N) is 1. The Morgan fingerprint density at radius 2 is 2.14 bits per heavy atom. The summed E-state index contributed by atoms with van der Waals surface area (Å²) in [7, 11) is 1.66. The zero-order chi connectivity index (χ0) is 15.2. The van der Waals surface area contributed by atoms with Crippen molar-refractivity contribution in [3.63, 3.8) is 0 Å². The quantitative estimate of drug-likeness (QED) is 0.846. The van der Waals surface area contributed by atoms with E-state index in [1.165, 1.54) is 0 Å². The van der Waals surface area contributed by atoms with Crippen LogP contribution in [0.1, 0.15) is 31.6 Å². The van der Waals surface area contributed by atoms with Gasteiger partial charge in [0.25, 0.3) is 0 Å². The Hall–Kier alpha value is -1.82. The summed E-state index contributed by atoms with van der Waals surface area (Å²) in [6.07, 6.45) is 3.21. The van der Waals surface area contributed by atoms with Crippen molar-refractivity contribution in [2.45, 2.75) is 25.8 Å². The average Bonchev–Trinajstić information content (AvgIpc) is 3.01. The summed E-state index contributed by atoms with van der Waals surface area (Å²) in [6, 6.07) is 3.53. The van der Waals surface area contributed by atoms with E-state index in [1.807, 2.05) is 19.1 Å². The Bertz CT molecular complexity index is 465. The normalized spacial score (nSPS) is 18.2. The third kappa shape index (κ3) is 4.32. The monoisotopic (exact) mass is 293 g/mol. The lowest BCUT2D eigenvalue weighted by Crippen LogP contribution is -2.44. The van der Waals surface area contributed by atoms with Crippen LogP contribution in [0.4, 0.5) is 0 Å². The van der Waals surface area contributed by atoms with Gasteiger partial charge < -0.3 is 15.1 Å². The highest BCUT2D eigenvalue weighted by Gasteiger charge is 2.25. The molecule has 0 radical (unpaired) electrons. The first-order valence-electron chi connectivity index (χ1n) is 7.37. The molecule has 1 aromatic heterocycles. The number of carbonyl (C=O) groups excluding carboxylic acids is 2. The topological polar surface area (TPSA) is 74.6 Å². The summed E-state index contributed by atoms with van der Waals surface area (Å²) < 4.78 is 5.27. The molecule has 1 aliphatic heterocycles. The van der Waals surface area contributed by atoms with Crippen LogP contribution in [0.5, 0.6) is 0 Å². The molecule has 6 heteroatoms. The molecule has 1 aromatic rings. The van der Waals surface area contributed by atoms with Crippen LogP contribution < -0.4 is 10.6 Å². The van der Waals surface area contributed by atoms with E-state index in [9.17, 15) is 9.59 Å². The van der Waals surface area contributed by atoms with E-state index in [2.05, 4.69) is 15.5 Å². The molecule has 0 saturated carbocycles. The number of carbonyl (C=O) groups is 2. The lowest BCUT2D eigenvalue weighted by Gasteiger charge is -2.30. The summed E-state index contributed by atoms with van der Waals surface area (Å²) in [4.78, 5) is 25.7. The summed E-state index contributed by atoms with van der Waals surface area (Å²) >= 11 is 0. The molecule has 1 unspecified atom stereocenters. The number of rotatable bonds is 5. The van der Waals surface area contributed by atoms with Gasteiger partial charge in [-0.1, -0.05) is 0 Å². The predicted molar refractivity (Wildman–Crippen MR) is 78.5 cm³/mol. The first-order chi connectivity index (χ1) is 10.1. The second-order valence-corrected chi connectivity index (χ2v) is 5.47. The number of piperidine rings is 1. The van der Waals surface area contributed by atoms with Crippen molar-refractivity contribution in [1.82, 2.24) is 15.5 Å². The predicted octanol–water partition coefficient (Wildman–Crippen LogP) is 0.915. The minimum Gasteiger partial charge on any atom is -0.467 e. The molecule has 0 aliphatic carbocycles. The standard InChI is InChI=1S/C15H23N3O3/c1-11(13-4-3-9-21-13)17-14(19)10-18-7-5-12(6-8-18)15(20)16-2/h3-4,9,11-12H,5-8,10H2,1-2H3,(H,16,20)(H,17,19). The average molecular weight is 293 g/mol. The van der Waals surface area contributed by atoms with Crippen molar-refractivity contribution < 1.29 is 14.0 Å². The van der Waals surface area contributed by atoms with E-state index in [4.69, 9.17) is 4.42 Å². The third-order valence-corrected chi connectivity index (χ3v) is 3.92. The fourth-order valence-electron chi connectivity index (χ4n) is 2.66. The maximum Gasteiger partial charge on any atom is 0.234 e. The minimum atomic E-state index is -0.129. The second-order valence-electron chi connectivity index (χ2n) is 5.47. The largest absolute Gasteiger partial charge is 0.467 e. The summed E-state index contributed by atoms with van der Waals surface area (Å²) in [6.45, 7) is 3.82. The maximum absolute atomic E-state index is 12.0. The summed E-state index contributed by atoms with van der Waals surface area (Å²) in [5, 5.41) is 5.61. The van der Waals surface area contributed by atoms with Crippen LogP contribution in [0.25, 0.3) is 0 Å². The number of furan rings is 1. The van der Waals surface area contributed by atoms with E-state index in [0.29, 0.717) is 6.54 Å². The lowest BCUT2D eigenvalue weighted by molar-refractivity contribution is -0.126. The molecule has 0 bridgehead atoms. The van der Waals surface area contributed by atoms with Gasteiger partial charge in [-0.05, 0) is 45.0 Å². The zero-order valence-corrected chi connectivity index (χ0v) is 12.6. The Morgan fingerprint density at radius 3 is 2.71 bits per heavy atom. The molecule has 21 heavy (non-hydrogen) atoms. The first kappa shape index (κ1) is 15.6. The molecule has 1 aliphatic rings. The van der Waals surface area contributed by atoms with E-state index in [-0.39, 0.29) is 23.8 Å². The van der Waals surface area contributed by atoms with Gasteiger partial charge in [-0.15, -0.1) is 0 Å². The van der Waals surface area contributed by atoms with Crippen LogP contribution in [0.15, 0.2) is 22.8 Å². The van der Waals surface area contributed by atoms with E-state index in [1.54, 1.807) is 13.3 Å². The first-order valence-corrected chi connectivity index (χ1v) is 7.37. The van der Waals surface area contributed by atoms with Gasteiger partial charge in [-0.3, -0.25) is 14.5 Å². The van der Waals surface area contributed by atoms with Crippen molar-refractivity contribution in [2.75, 3.05) is 26.7 Å². The van der Waals surface area contributed by atoms with Crippen LogP contribution in [-0.2, 0) is 9.59 Å². The van der Waals surface area contributed by atoms with Crippen LogP contribution >= 0.6 is 0 Å². The van der Waals surface area contributed by atoms with Gasteiger partial charge >= 0.3 is 0 Å². The highest BCUT2D eigenvalue weighted by atomic mass is 16.3. The van der Waals surface area contributed by atoms with Crippen LogP contribution in [-0.4, -0.2) is 43.4 Å². The number of amides is 2. The molecule has 2 N–H and O–H groups in total. The highest BCUT2D eigenvalue weighted by Crippen LogP contribution is 2.17. The van der Waals surface area contributed by atoms with Gasteiger partial charge in [0.1, 0.15) is 5.76 Å². The van der Waals surface area contributed by atoms with Gasteiger partial charge in [0.2, 0.25) is 11.8 Å². The molecule has 2 heterocycles. The Kier molecular flexibility index (Phi) is 5.38.